The van der Waals surface area contributed by atoms with Gasteiger partial charge in [0, 0.05) is 33.6 Å². The number of hydrogen-bond acceptors (Lipinski definition) is 9. The Morgan fingerprint density at radius 2 is 1.87 bits per heavy atom. The zero-order valence-electron chi connectivity index (χ0n) is 29.1. The first-order chi connectivity index (χ1) is 22.5. The molecule has 0 bridgehead atoms. The van der Waals surface area contributed by atoms with E-state index < -0.39 is 6.10 Å². The average Bonchev–Trinajstić information content (AvgIpc) is 3.05. The summed E-state index contributed by atoms with van der Waals surface area (Å²) in [5.74, 6) is 2.15. The predicted molar refractivity (Wildman–Crippen MR) is 198 cm³/mol. The Kier molecular flexibility index (Phi) is 18.8. The second-order valence-corrected chi connectivity index (χ2v) is 15.2. The van der Waals surface area contributed by atoms with E-state index in [0.29, 0.717) is 48.1 Å². The average molecular weight is 712 g/mol. The molecule has 0 radical (unpaired) electrons. The molecule has 11 heteroatoms. The molecular formula is C36H54ClNO7S2. The van der Waals surface area contributed by atoms with Crippen molar-refractivity contribution in [2.45, 2.75) is 68.8 Å². The lowest BCUT2D eigenvalue weighted by atomic mass is 9.94. The molecule has 1 N–H and O–H groups in total. The molecule has 1 amide bonds. The van der Waals surface area contributed by atoms with Crippen LogP contribution in [0.25, 0.3) is 0 Å². The smallest absolute Gasteiger partial charge is 0.229 e. The van der Waals surface area contributed by atoms with Crippen LogP contribution >= 0.6 is 35.1 Å². The number of hydrogen-bond donors (Lipinski definition) is 1. The summed E-state index contributed by atoms with van der Waals surface area (Å²) in [5, 5.41) is 11.6. The molecule has 1 aromatic carbocycles. The van der Waals surface area contributed by atoms with E-state index >= 15 is 0 Å². The van der Waals surface area contributed by atoms with Crippen LogP contribution in [-0.2, 0) is 30.2 Å². The standard InChI is InChI=1S/C36H54ClNO7S2/c1-10-13-25(3)18-28-20-29(35(37)31(21-28)42-8)38(6)34(40)22-30(39)26(4)19-27(5)32(45-24-44-15-14-41-7)23-36(33(11-2)43-9)46-16-12-17-47-36/h10-11,13,19-21,27,30,32-33,39H,1-2,12,14-18,22-24H2,3-9H3/b25-13+,26-19+/t27-,30?,32-,33+/m0/s1. The Balaban J connectivity index is 2.26. The van der Waals surface area contributed by atoms with Crippen LogP contribution in [-0.4, -0.2) is 93.3 Å². The summed E-state index contributed by atoms with van der Waals surface area (Å²) in [6.45, 7) is 14.7. The van der Waals surface area contributed by atoms with E-state index in [9.17, 15) is 9.90 Å². The third kappa shape index (κ3) is 12.6. The third-order valence-electron chi connectivity index (χ3n) is 8.09. The molecule has 1 heterocycles. The number of anilines is 1. The van der Waals surface area contributed by atoms with E-state index in [1.807, 2.05) is 67.7 Å². The van der Waals surface area contributed by atoms with E-state index in [1.54, 1.807) is 34.5 Å². The fourth-order valence-corrected chi connectivity index (χ4v) is 9.28. The second kappa shape index (κ2) is 21.4. The van der Waals surface area contributed by atoms with Gasteiger partial charge in [0.15, 0.2) is 0 Å². The van der Waals surface area contributed by atoms with Gasteiger partial charge in [0.1, 0.15) is 17.6 Å². The minimum Gasteiger partial charge on any atom is -0.495 e. The second-order valence-electron chi connectivity index (χ2n) is 11.7. The highest BCUT2D eigenvalue weighted by molar-refractivity contribution is 8.18. The molecule has 1 aliphatic heterocycles. The van der Waals surface area contributed by atoms with Gasteiger partial charge in [-0.05, 0) is 61.5 Å². The summed E-state index contributed by atoms with van der Waals surface area (Å²) in [4.78, 5) is 15.0. The largest absolute Gasteiger partial charge is 0.495 e. The van der Waals surface area contributed by atoms with E-state index in [1.165, 1.54) is 4.90 Å². The minimum absolute atomic E-state index is 0.104. The molecule has 2 rings (SSSR count). The maximum absolute atomic E-state index is 13.5. The van der Waals surface area contributed by atoms with Crippen molar-refractivity contribution in [2.24, 2.45) is 5.92 Å². The number of methoxy groups -OCH3 is 3. The van der Waals surface area contributed by atoms with Crippen LogP contribution in [0.5, 0.6) is 5.75 Å². The van der Waals surface area contributed by atoms with E-state index in [-0.39, 0.29) is 41.3 Å². The van der Waals surface area contributed by atoms with Crippen LogP contribution < -0.4 is 9.64 Å². The molecule has 4 atom stereocenters. The fraction of sp³-hybridized carbons (Fsp3) is 0.583. The van der Waals surface area contributed by atoms with Gasteiger partial charge >= 0.3 is 0 Å². The number of aliphatic hydroxyl groups is 1. The van der Waals surface area contributed by atoms with Crippen molar-refractivity contribution >= 4 is 46.7 Å². The molecule has 0 spiro atoms. The maximum atomic E-state index is 13.5. The van der Waals surface area contributed by atoms with Crippen molar-refractivity contribution in [1.29, 1.82) is 0 Å². The molecule has 264 valence electrons. The number of rotatable bonds is 21. The number of thioether (sulfide) groups is 2. The summed E-state index contributed by atoms with van der Waals surface area (Å²) in [6, 6.07) is 3.75. The van der Waals surface area contributed by atoms with E-state index in [4.69, 9.17) is 35.3 Å². The van der Waals surface area contributed by atoms with Gasteiger partial charge in [-0.1, -0.05) is 55.0 Å². The number of benzene rings is 1. The van der Waals surface area contributed by atoms with Crippen molar-refractivity contribution < 1.29 is 33.6 Å². The van der Waals surface area contributed by atoms with E-state index in [0.717, 1.165) is 29.1 Å². The van der Waals surface area contributed by atoms with Gasteiger partial charge in [-0.15, -0.1) is 30.1 Å². The summed E-state index contributed by atoms with van der Waals surface area (Å²) >= 11 is 10.4. The number of amides is 1. The Morgan fingerprint density at radius 1 is 1.17 bits per heavy atom. The summed E-state index contributed by atoms with van der Waals surface area (Å²) < 4.78 is 28.2. The topological polar surface area (TPSA) is 86.7 Å². The Hall–Kier alpha value is -1.76. The van der Waals surface area contributed by atoms with Gasteiger partial charge in [0.25, 0.3) is 0 Å². The van der Waals surface area contributed by atoms with Crippen LogP contribution in [0, 0.1) is 5.92 Å². The fourth-order valence-electron chi connectivity index (χ4n) is 5.40. The van der Waals surface area contributed by atoms with Gasteiger partial charge in [-0.2, -0.15) is 0 Å². The SMILES string of the molecule is C=C/C=C(\C)Cc1cc(OC)c(Cl)c(N(C)C(=O)CC(O)/C(C)=C/[C@H](C)[C@H](CC2([C@@H](C=C)OC)SCCCS2)OCOCCOC)c1. The van der Waals surface area contributed by atoms with Crippen LogP contribution in [0.2, 0.25) is 5.02 Å². The van der Waals surface area contributed by atoms with Crippen LogP contribution in [0.15, 0.2) is 60.7 Å². The molecule has 1 aromatic rings. The molecule has 1 unspecified atom stereocenters. The quantitative estimate of drug-likeness (QED) is 0.0604. The lowest BCUT2D eigenvalue weighted by Crippen LogP contribution is -2.43. The number of carbonyl (C=O) groups excluding carboxylic acids is 1. The molecule has 8 nitrogen and oxygen atoms in total. The number of carbonyl (C=O) groups is 1. The highest BCUT2D eigenvalue weighted by Gasteiger charge is 2.43. The van der Waals surface area contributed by atoms with E-state index in [2.05, 4.69) is 20.1 Å². The number of halogens is 1. The lowest BCUT2D eigenvalue weighted by molar-refractivity contribution is -0.119. The predicted octanol–water partition coefficient (Wildman–Crippen LogP) is 7.48. The van der Waals surface area contributed by atoms with Gasteiger partial charge in [-0.25, -0.2) is 0 Å². The number of aliphatic hydroxyl groups excluding tert-OH is 1. The first-order valence-electron chi connectivity index (χ1n) is 15.9. The number of ether oxygens (including phenoxy) is 5. The highest BCUT2D eigenvalue weighted by atomic mass is 35.5. The molecule has 0 aromatic heterocycles. The minimum atomic E-state index is -1.00. The van der Waals surface area contributed by atoms with Gasteiger partial charge in [-0.3, -0.25) is 4.79 Å². The van der Waals surface area contributed by atoms with Gasteiger partial charge < -0.3 is 33.7 Å². The van der Waals surface area contributed by atoms with Crippen LogP contribution in [0.1, 0.15) is 45.6 Å². The van der Waals surface area contributed by atoms with Crippen molar-refractivity contribution in [2.75, 3.05) is 64.8 Å². The van der Waals surface area contributed by atoms with Crippen LogP contribution in [0.4, 0.5) is 5.69 Å². The lowest BCUT2D eigenvalue weighted by Gasteiger charge is -2.43. The molecule has 0 aliphatic carbocycles. The summed E-state index contributed by atoms with van der Waals surface area (Å²) in [5.41, 5.74) is 3.25. The molecule has 0 saturated carbocycles. The monoisotopic (exact) mass is 711 g/mol. The zero-order chi connectivity index (χ0) is 35.0. The normalized spacial score (nSPS) is 17.8. The van der Waals surface area contributed by atoms with Crippen LogP contribution in [0.3, 0.4) is 0 Å². The Labute approximate surface area is 295 Å². The number of nitrogens with zero attached hydrogens (tertiary/aromatic N) is 1. The highest BCUT2D eigenvalue weighted by Crippen LogP contribution is 2.50. The zero-order valence-corrected chi connectivity index (χ0v) is 31.5. The Morgan fingerprint density at radius 3 is 2.47 bits per heavy atom. The third-order valence-corrected chi connectivity index (χ3v) is 11.9. The van der Waals surface area contributed by atoms with Gasteiger partial charge in [0.2, 0.25) is 5.91 Å². The van der Waals surface area contributed by atoms with Crippen molar-refractivity contribution in [3.8, 4) is 5.75 Å². The molecule has 47 heavy (non-hydrogen) atoms. The van der Waals surface area contributed by atoms with Crippen molar-refractivity contribution in [3.05, 3.63) is 71.3 Å². The molecular weight excluding hydrogens is 658 g/mol. The molecule has 1 saturated heterocycles. The molecule has 1 fully saturated rings. The number of allylic oxidation sites excluding steroid dienone is 3. The molecule has 1 aliphatic rings. The summed E-state index contributed by atoms with van der Waals surface area (Å²) in [6.07, 6.45) is 8.47. The first kappa shape index (κ1) is 41.4. The maximum Gasteiger partial charge on any atom is 0.229 e. The van der Waals surface area contributed by atoms with Crippen molar-refractivity contribution in [1.82, 2.24) is 0 Å². The first-order valence-corrected chi connectivity index (χ1v) is 18.2. The van der Waals surface area contributed by atoms with Crippen molar-refractivity contribution in [3.63, 3.8) is 0 Å². The Bertz CT molecular complexity index is 1220. The van der Waals surface area contributed by atoms with Gasteiger partial charge in [0.05, 0.1) is 54.8 Å². The summed E-state index contributed by atoms with van der Waals surface area (Å²) in [7, 11) is 6.55.